The van der Waals surface area contributed by atoms with Crippen LogP contribution in [0.2, 0.25) is 0 Å². The van der Waals surface area contributed by atoms with E-state index in [9.17, 15) is 27.9 Å². The summed E-state index contributed by atoms with van der Waals surface area (Å²) >= 11 is 0.994. The standard InChI is InChI=1S/C22H21F3N2O3S/c1-20(2)10-13-17(14(28)11-20)16(12-5-7-26-8-6-12)18(19(29)15-4-3-9-31-15)21(30,27-13)22(23,24)25/h3-9,16,18,27,30H,10-11H2,1-2H3. The Hall–Kier alpha value is -2.52. The molecule has 1 aliphatic carbocycles. The number of carbonyl (C=O) groups is 2. The van der Waals surface area contributed by atoms with Crippen LogP contribution in [0, 0.1) is 11.3 Å². The van der Waals surface area contributed by atoms with Crippen molar-refractivity contribution in [3.63, 3.8) is 0 Å². The Morgan fingerprint density at radius 1 is 1.23 bits per heavy atom. The zero-order chi connectivity index (χ0) is 22.6. The third kappa shape index (κ3) is 3.59. The maximum Gasteiger partial charge on any atom is 0.437 e. The quantitative estimate of drug-likeness (QED) is 0.685. The smallest absolute Gasteiger partial charge is 0.363 e. The Morgan fingerprint density at radius 2 is 1.90 bits per heavy atom. The lowest BCUT2D eigenvalue weighted by Gasteiger charge is -2.49. The van der Waals surface area contributed by atoms with Gasteiger partial charge in [0.25, 0.3) is 0 Å². The van der Waals surface area contributed by atoms with E-state index in [1.165, 1.54) is 30.6 Å². The second kappa shape index (κ2) is 7.27. The Bertz CT molecular complexity index is 1050. The number of Topliss-reactive ketones (excluding diaryl/α,β-unsaturated/α-hetero) is 2. The molecule has 2 aromatic heterocycles. The average Bonchev–Trinajstić information content (AvgIpc) is 3.20. The number of aromatic nitrogens is 1. The molecule has 3 heterocycles. The molecule has 0 bridgehead atoms. The number of halogens is 3. The Morgan fingerprint density at radius 3 is 2.48 bits per heavy atom. The van der Waals surface area contributed by atoms with Gasteiger partial charge < -0.3 is 10.4 Å². The highest BCUT2D eigenvalue weighted by molar-refractivity contribution is 7.12. The average molecular weight is 450 g/mol. The third-order valence-electron chi connectivity index (χ3n) is 5.90. The molecular weight excluding hydrogens is 429 g/mol. The summed E-state index contributed by atoms with van der Waals surface area (Å²) in [6.07, 6.45) is -2.09. The number of allylic oxidation sites excluding steroid dienone is 2. The summed E-state index contributed by atoms with van der Waals surface area (Å²) in [5.74, 6) is -4.43. The van der Waals surface area contributed by atoms with Crippen LogP contribution in [0.3, 0.4) is 0 Å². The second-order valence-electron chi connectivity index (χ2n) is 8.80. The number of thiophene rings is 1. The molecule has 0 aromatic carbocycles. The Balaban J connectivity index is 2.00. The number of pyridine rings is 1. The first-order chi connectivity index (χ1) is 14.4. The van der Waals surface area contributed by atoms with Gasteiger partial charge >= 0.3 is 6.18 Å². The second-order valence-corrected chi connectivity index (χ2v) is 9.75. The molecule has 2 N–H and O–H groups in total. The molecule has 1 aliphatic heterocycles. The number of aliphatic hydroxyl groups is 1. The molecule has 4 rings (SSSR count). The fourth-order valence-corrected chi connectivity index (χ4v) is 5.32. The van der Waals surface area contributed by atoms with Gasteiger partial charge in [0.2, 0.25) is 5.72 Å². The lowest BCUT2D eigenvalue weighted by atomic mass is 9.63. The van der Waals surface area contributed by atoms with Gasteiger partial charge in [-0.15, -0.1) is 11.3 Å². The van der Waals surface area contributed by atoms with Gasteiger partial charge in [-0.2, -0.15) is 13.2 Å². The van der Waals surface area contributed by atoms with Crippen LogP contribution in [0.1, 0.15) is 47.8 Å². The molecule has 2 aromatic rings. The molecular formula is C22H21F3N2O3S. The molecule has 0 spiro atoms. The van der Waals surface area contributed by atoms with Gasteiger partial charge in [0, 0.05) is 36.0 Å². The van der Waals surface area contributed by atoms with Crippen LogP contribution in [0.4, 0.5) is 13.2 Å². The summed E-state index contributed by atoms with van der Waals surface area (Å²) < 4.78 is 43.0. The summed E-state index contributed by atoms with van der Waals surface area (Å²) in [4.78, 5) is 30.5. The maximum absolute atomic E-state index is 14.3. The zero-order valence-corrected chi connectivity index (χ0v) is 17.7. The van der Waals surface area contributed by atoms with Crippen LogP contribution < -0.4 is 5.32 Å². The van der Waals surface area contributed by atoms with Gasteiger partial charge in [0.1, 0.15) is 0 Å². The van der Waals surface area contributed by atoms with E-state index >= 15 is 0 Å². The molecule has 0 radical (unpaired) electrons. The Labute approximate surface area is 181 Å². The van der Waals surface area contributed by atoms with Gasteiger partial charge in [0.05, 0.1) is 10.8 Å². The van der Waals surface area contributed by atoms with Gasteiger partial charge in [-0.1, -0.05) is 19.9 Å². The van der Waals surface area contributed by atoms with Crippen molar-refractivity contribution >= 4 is 22.9 Å². The van der Waals surface area contributed by atoms with Gasteiger partial charge in [-0.05, 0) is 41.0 Å². The minimum absolute atomic E-state index is 0.0399. The molecule has 2 aliphatic rings. The minimum Gasteiger partial charge on any atom is -0.363 e. The van der Waals surface area contributed by atoms with E-state index in [4.69, 9.17) is 0 Å². The van der Waals surface area contributed by atoms with E-state index < -0.39 is 34.9 Å². The van der Waals surface area contributed by atoms with Crippen LogP contribution in [0.15, 0.2) is 53.3 Å². The molecule has 5 nitrogen and oxygen atoms in total. The molecule has 0 saturated heterocycles. The summed E-state index contributed by atoms with van der Waals surface area (Å²) in [7, 11) is 0. The number of hydrogen-bond donors (Lipinski definition) is 2. The predicted octanol–water partition coefficient (Wildman–Crippen LogP) is 4.22. The van der Waals surface area contributed by atoms with E-state index in [-0.39, 0.29) is 34.8 Å². The number of alkyl halides is 3. The van der Waals surface area contributed by atoms with Gasteiger partial charge in [-0.25, -0.2) is 0 Å². The molecule has 31 heavy (non-hydrogen) atoms. The topological polar surface area (TPSA) is 79.3 Å². The van der Waals surface area contributed by atoms with Crippen molar-refractivity contribution in [3.8, 4) is 0 Å². The van der Waals surface area contributed by atoms with Crippen molar-refractivity contribution in [2.45, 2.75) is 44.5 Å². The molecule has 9 heteroatoms. The summed E-state index contributed by atoms with van der Waals surface area (Å²) in [5, 5.41) is 14.8. The molecule has 0 fully saturated rings. The maximum atomic E-state index is 14.3. The number of ketones is 2. The highest BCUT2D eigenvalue weighted by Crippen LogP contribution is 2.53. The van der Waals surface area contributed by atoms with Crippen molar-refractivity contribution in [1.82, 2.24) is 10.3 Å². The first-order valence-electron chi connectivity index (χ1n) is 9.76. The number of nitrogens with one attached hydrogen (secondary N) is 1. The van der Waals surface area contributed by atoms with E-state index in [1.807, 2.05) is 0 Å². The number of hydrogen-bond acceptors (Lipinski definition) is 6. The van der Waals surface area contributed by atoms with Crippen molar-refractivity contribution < 1.29 is 27.9 Å². The van der Waals surface area contributed by atoms with Crippen LogP contribution in [0.5, 0.6) is 0 Å². The van der Waals surface area contributed by atoms with Gasteiger partial charge in [-0.3, -0.25) is 14.6 Å². The lowest BCUT2D eigenvalue weighted by Crippen LogP contribution is -2.67. The van der Waals surface area contributed by atoms with E-state index in [0.29, 0.717) is 5.56 Å². The molecule has 0 saturated carbocycles. The molecule has 0 amide bonds. The van der Waals surface area contributed by atoms with E-state index in [1.54, 1.807) is 25.3 Å². The van der Waals surface area contributed by atoms with E-state index in [2.05, 4.69) is 10.3 Å². The van der Waals surface area contributed by atoms with E-state index in [0.717, 1.165) is 11.3 Å². The van der Waals surface area contributed by atoms with Crippen LogP contribution in [-0.2, 0) is 4.79 Å². The monoisotopic (exact) mass is 450 g/mol. The van der Waals surface area contributed by atoms with Gasteiger partial charge in [0.15, 0.2) is 11.6 Å². The minimum atomic E-state index is -5.17. The van der Waals surface area contributed by atoms with Crippen molar-refractivity contribution in [1.29, 1.82) is 0 Å². The first-order valence-corrected chi connectivity index (χ1v) is 10.6. The highest BCUT2D eigenvalue weighted by Gasteiger charge is 2.67. The number of rotatable bonds is 3. The lowest BCUT2D eigenvalue weighted by molar-refractivity contribution is -0.287. The summed E-state index contributed by atoms with van der Waals surface area (Å²) in [5.41, 5.74) is -3.61. The normalized spacial score (nSPS) is 28.1. The first kappa shape index (κ1) is 21.7. The van der Waals surface area contributed by atoms with Crippen LogP contribution >= 0.6 is 11.3 Å². The van der Waals surface area contributed by atoms with Crippen LogP contribution in [0.25, 0.3) is 0 Å². The van der Waals surface area contributed by atoms with Crippen molar-refractivity contribution in [2.75, 3.05) is 0 Å². The zero-order valence-electron chi connectivity index (χ0n) is 16.9. The molecule has 164 valence electrons. The Kier molecular flexibility index (Phi) is 5.09. The largest absolute Gasteiger partial charge is 0.437 e. The summed E-state index contributed by atoms with van der Waals surface area (Å²) in [6, 6.07) is 5.95. The number of nitrogens with zero attached hydrogens (tertiary/aromatic N) is 1. The fraction of sp³-hybridized carbons (Fsp3) is 0.409. The fourth-order valence-electron chi connectivity index (χ4n) is 4.61. The van der Waals surface area contributed by atoms with Crippen molar-refractivity contribution in [2.24, 2.45) is 11.3 Å². The summed E-state index contributed by atoms with van der Waals surface area (Å²) in [6.45, 7) is 3.57. The third-order valence-corrected chi connectivity index (χ3v) is 6.78. The predicted molar refractivity (Wildman–Crippen MR) is 108 cm³/mol. The molecule has 3 atom stereocenters. The number of carbonyl (C=O) groups excluding carboxylic acids is 2. The highest BCUT2D eigenvalue weighted by atomic mass is 32.1. The van der Waals surface area contributed by atoms with Crippen molar-refractivity contribution in [3.05, 3.63) is 63.7 Å². The van der Waals surface area contributed by atoms with Crippen LogP contribution in [-0.4, -0.2) is 33.6 Å². The SMILES string of the molecule is CC1(C)CC(=O)C2=C(C1)NC(O)(C(F)(F)F)C(C(=O)c1cccs1)C2c1ccncc1. The molecule has 3 unspecified atom stereocenters.